The molecule has 2 aromatic rings. The van der Waals surface area contributed by atoms with Gasteiger partial charge < -0.3 is 80.7 Å². The molecule has 10 N–H and O–H groups in total. The third-order valence-corrected chi connectivity index (χ3v) is 15.1. The Morgan fingerprint density at radius 3 is 2.06 bits per heavy atom. The van der Waals surface area contributed by atoms with Gasteiger partial charge in [0.1, 0.15) is 48.8 Å². The molecule has 0 bridgehead atoms. The van der Waals surface area contributed by atoms with Crippen molar-refractivity contribution in [2.24, 2.45) is 29.4 Å². The first-order valence-corrected chi connectivity index (χ1v) is 27.3. The molecule has 2 heterocycles. The van der Waals surface area contributed by atoms with E-state index in [1.807, 2.05) is 19.9 Å². The Balaban J connectivity index is 1.47. The average Bonchev–Trinajstić information content (AvgIpc) is 3.95. The Kier molecular flexibility index (Phi) is 25.7. The quantitative estimate of drug-likeness (QED) is 0.0560. The van der Waals surface area contributed by atoms with E-state index >= 15 is 0 Å². The number of likely N-dealkylation sites (N-methyl/N-ethyl adjacent to an activating group) is 2. The van der Waals surface area contributed by atoms with E-state index in [1.165, 1.54) is 44.4 Å². The van der Waals surface area contributed by atoms with E-state index in [2.05, 4.69) is 16.0 Å². The van der Waals surface area contributed by atoms with Gasteiger partial charge in [0.15, 0.2) is 6.10 Å². The molecule has 2 aliphatic rings. The molecule has 2 saturated heterocycles. The lowest BCUT2D eigenvalue weighted by molar-refractivity contribution is -0.271. The van der Waals surface area contributed by atoms with Crippen molar-refractivity contribution in [3.05, 3.63) is 59.7 Å². The van der Waals surface area contributed by atoms with Crippen LogP contribution < -0.4 is 26.4 Å². The van der Waals surface area contributed by atoms with Crippen LogP contribution in [0.2, 0.25) is 0 Å². The Morgan fingerprint density at radius 1 is 0.827 bits per heavy atom. The molecule has 0 radical (unpaired) electrons. The Bertz CT molecular complexity index is 2450. The third-order valence-electron chi connectivity index (χ3n) is 15.1. The molecule has 0 aliphatic carbocycles. The van der Waals surface area contributed by atoms with Crippen molar-refractivity contribution >= 4 is 53.3 Å². The molecule has 452 valence electrons. The summed E-state index contributed by atoms with van der Waals surface area (Å²) in [6.45, 7) is 12.4. The molecule has 0 saturated carbocycles. The maximum atomic E-state index is 14.7. The van der Waals surface area contributed by atoms with Gasteiger partial charge >= 0.3 is 18.0 Å². The minimum atomic E-state index is -1.98. The maximum Gasteiger partial charge on any atom is 0.410 e. The minimum Gasteiger partial charge on any atom is -0.480 e. The number of ether oxygens (including phenoxy) is 5. The number of nitrogens with two attached hydrogens (primary N) is 1. The monoisotopic (exact) mass is 1140 g/mol. The number of carbonyl (C=O) groups excluding carboxylic acids is 6. The zero-order valence-corrected chi connectivity index (χ0v) is 48.2. The number of likely N-dealkylation sites (tertiary alicyclic amines) is 1. The highest BCUT2D eigenvalue weighted by molar-refractivity contribution is 5.93. The number of carboxylic acids is 2. The molecule has 0 spiro atoms. The number of benzene rings is 2. The molecule has 14 atom stereocenters. The lowest BCUT2D eigenvalue weighted by Gasteiger charge is -2.41. The fourth-order valence-corrected chi connectivity index (χ4v) is 10.4. The van der Waals surface area contributed by atoms with Gasteiger partial charge in [-0.1, -0.05) is 91.3 Å². The smallest absolute Gasteiger partial charge is 0.410 e. The van der Waals surface area contributed by atoms with Crippen LogP contribution in [-0.2, 0) is 65.5 Å². The zero-order chi connectivity index (χ0) is 60.6. The number of carbonyl (C=O) groups is 8. The van der Waals surface area contributed by atoms with Crippen LogP contribution in [0.3, 0.4) is 0 Å². The van der Waals surface area contributed by atoms with Crippen LogP contribution in [-0.4, -0.2) is 202 Å². The first-order chi connectivity index (χ1) is 38.2. The number of methoxy groups -OCH3 is 2. The van der Waals surface area contributed by atoms with Crippen molar-refractivity contribution < 1.29 is 87.6 Å². The Hall–Kier alpha value is -6.48. The first-order valence-electron chi connectivity index (χ1n) is 27.3. The number of hydrogen-bond acceptors (Lipinski definition) is 17. The van der Waals surface area contributed by atoms with Gasteiger partial charge in [-0.05, 0) is 53.9 Å². The summed E-state index contributed by atoms with van der Waals surface area (Å²) in [5, 5.41) is 58.6. The predicted molar refractivity (Wildman–Crippen MR) is 293 cm³/mol. The van der Waals surface area contributed by atoms with Gasteiger partial charge in [0, 0.05) is 54.2 Å². The van der Waals surface area contributed by atoms with Gasteiger partial charge in [-0.3, -0.25) is 28.9 Å². The second-order valence-corrected chi connectivity index (χ2v) is 21.5. The van der Waals surface area contributed by atoms with Crippen molar-refractivity contribution in [2.45, 2.75) is 167 Å². The van der Waals surface area contributed by atoms with Crippen molar-refractivity contribution in [2.75, 3.05) is 46.7 Å². The van der Waals surface area contributed by atoms with Gasteiger partial charge in [0.05, 0.1) is 42.3 Å². The number of nitrogens with one attached hydrogen (secondary N) is 3. The normalized spacial score (nSPS) is 22.0. The zero-order valence-electron chi connectivity index (χ0n) is 48.2. The lowest BCUT2D eigenvalue weighted by atomic mass is 9.89. The second kappa shape index (κ2) is 31.1. The van der Waals surface area contributed by atoms with Crippen LogP contribution in [0.15, 0.2) is 48.5 Å². The fraction of sp³-hybridized carbons (Fsp3) is 0.643. The van der Waals surface area contributed by atoms with Gasteiger partial charge in [0.2, 0.25) is 35.8 Å². The number of rotatable bonds is 29. The standard InChI is InChI=1S/C56H85N7O18/c1-12-31(6)44(39(77-10)27-41(65)63-24-16-19-37(63)48(78-11)32(7)50(69)59-36(53(72)73)25-33-17-14-13-15-18-33)61(8)52(71)42(29(2)3)60-51(70)43(30(4)5)62(9)56(76)79-28-34-20-21-38(35(26-34)58-40(64)22-23-57)80-55-47(68)45(66)46(67)49(81-55)54(74)75/h13-15,17-18,20-21,26,29-32,36-37,39,42-49,55,66-68H,12,16,19,22-25,27-28,57H2,1-11H3,(H,58,64)(H,59,69)(H,60,70)(H,72,73)(H,74,75)/t31-,32+,36-,37-,39+,42-,43-,44-,45?,46-,47+,48+,49?,55?/m0/s1. The number of hydrogen-bond donors (Lipinski definition) is 9. The number of aliphatic carboxylic acids is 2. The van der Waals surface area contributed by atoms with Crippen LogP contribution in [0.5, 0.6) is 5.75 Å². The molecule has 81 heavy (non-hydrogen) atoms. The summed E-state index contributed by atoms with van der Waals surface area (Å²) in [6, 6.07) is 8.35. The molecule has 4 rings (SSSR count). The van der Waals surface area contributed by atoms with E-state index < -0.39 is 139 Å². The number of carboxylic acid groups (broad SMARTS) is 2. The summed E-state index contributed by atoms with van der Waals surface area (Å²) < 4.78 is 28.5. The van der Waals surface area contributed by atoms with Gasteiger partial charge in [-0.15, -0.1) is 0 Å². The van der Waals surface area contributed by atoms with Crippen molar-refractivity contribution in [3.8, 4) is 5.75 Å². The van der Waals surface area contributed by atoms with E-state index in [0.717, 1.165) is 10.5 Å². The van der Waals surface area contributed by atoms with Gasteiger partial charge in [0.25, 0.3) is 0 Å². The maximum absolute atomic E-state index is 14.7. The average molecular weight is 1140 g/mol. The summed E-state index contributed by atoms with van der Waals surface area (Å²) in [6.07, 6.45) is -10.7. The minimum absolute atomic E-state index is 0.0249. The van der Waals surface area contributed by atoms with Crippen LogP contribution in [0.1, 0.15) is 91.7 Å². The van der Waals surface area contributed by atoms with E-state index in [9.17, 15) is 63.9 Å². The van der Waals surface area contributed by atoms with Crippen LogP contribution in [0, 0.1) is 23.7 Å². The van der Waals surface area contributed by atoms with Crippen LogP contribution >= 0.6 is 0 Å². The van der Waals surface area contributed by atoms with Crippen molar-refractivity contribution in [1.29, 1.82) is 0 Å². The molecule has 2 aromatic carbocycles. The molecular weight excluding hydrogens is 1060 g/mol. The van der Waals surface area contributed by atoms with E-state index in [1.54, 1.807) is 70.8 Å². The Morgan fingerprint density at radius 2 is 1.49 bits per heavy atom. The molecule has 3 unspecified atom stereocenters. The summed E-state index contributed by atoms with van der Waals surface area (Å²) in [5.74, 6) is -7.54. The molecule has 25 heteroatoms. The third kappa shape index (κ3) is 17.5. The van der Waals surface area contributed by atoms with E-state index in [4.69, 9.17) is 29.4 Å². The summed E-state index contributed by atoms with van der Waals surface area (Å²) >= 11 is 0. The predicted octanol–water partition coefficient (Wildman–Crippen LogP) is 1.71. The number of amides is 6. The van der Waals surface area contributed by atoms with Crippen molar-refractivity contribution in [1.82, 2.24) is 25.3 Å². The summed E-state index contributed by atoms with van der Waals surface area (Å²) in [4.78, 5) is 112. The highest BCUT2D eigenvalue weighted by Crippen LogP contribution is 2.33. The number of anilines is 1. The molecule has 0 aromatic heterocycles. The van der Waals surface area contributed by atoms with E-state index in [-0.39, 0.29) is 49.1 Å². The lowest BCUT2D eigenvalue weighted by Crippen LogP contribution is -2.61. The van der Waals surface area contributed by atoms with Gasteiger partial charge in [-0.2, -0.15) is 0 Å². The topological polar surface area (TPSA) is 356 Å². The van der Waals surface area contributed by atoms with Crippen molar-refractivity contribution in [3.63, 3.8) is 0 Å². The van der Waals surface area contributed by atoms with Gasteiger partial charge in [-0.25, -0.2) is 14.4 Å². The Labute approximate surface area is 473 Å². The number of nitrogens with zero attached hydrogens (tertiary/aromatic N) is 3. The largest absolute Gasteiger partial charge is 0.480 e. The molecular formula is C56H85N7O18. The fourth-order valence-electron chi connectivity index (χ4n) is 10.4. The SMILES string of the molecule is CC[C@H](C)[C@@H]([C@@H](CC(=O)N1CCC[C@H]1[C@H](OC)[C@@H](C)C(=O)N[C@@H](Cc1ccccc1)C(=O)O)OC)N(C)C(=O)[C@@H](NC(=O)[C@H](C(C)C)N(C)C(=O)OCc1ccc(OC2OC(C(=O)O)[C@@H](O)C(O)[C@H]2O)c(NC(=O)CCN)c1)C(C)C. The molecule has 2 fully saturated rings. The number of aliphatic hydroxyl groups excluding tert-OH is 3. The molecule has 2 aliphatic heterocycles. The number of aliphatic hydroxyl groups is 3. The van der Waals surface area contributed by atoms with Crippen LogP contribution in [0.4, 0.5) is 10.5 Å². The second-order valence-electron chi connectivity index (χ2n) is 21.5. The highest BCUT2D eigenvalue weighted by atomic mass is 16.7. The summed E-state index contributed by atoms with van der Waals surface area (Å²) in [7, 11) is 5.86. The van der Waals surface area contributed by atoms with Crippen LogP contribution in [0.25, 0.3) is 0 Å². The van der Waals surface area contributed by atoms with E-state index in [0.29, 0.717) is 31.4 Å². The first kappa shape index (κ1) is 67.0. The molecule has 6 amide bonds. The summed E-state index contributed by atoms with van der Waals surface area (Å²) in [5.41, 5.74) is 6.56. The molecule has 25 nitrogen and oxygen atoms in total. The highest BCUT2D eigenvalue weighted by Gasteiger charge is 2.49.